The van der Waals surface area contributed by atoms with E-state index in [9.17, 15) is 8.42 Å². The number of benzene rings is 1. The van der Waals surface area contributed by atoms with Gasteiger partial charge in [-0.1, -0.05) is 12.1 Å². The van der Waals surface area contributed by atoms with Gasteiger partial charge in [-0.3, -0.25) is 4.55 Å². The van der Waals surface area contributed by atoms with Gasteiger partial charge in [-0.15, -0.1) is 9.24 Å². The predicted molar refractivity (Wildman–Crippen MR) is 52.7 cm³/mol. The predicted octanol–water partition coefficient (Wildman–Crippen LogP) is -0.215. The summed E-state index contributed by atoms with van der Waals surface area (Å²) in [7, 11) is -1.61. The fourth-order valence-corrected chi connectivity index (χ4v) is 1.31. The Morgan fingerprint density at radius 1 is 1.17 bits per heavy atom. The van der Waals surface area contributed by atoms with Crippen LogP contribution in [0.3, 0.4) is 0 Å². The van der Waals surface area contributed by atoms with Crippen LogP contribution in [0.5, 0.6) is 0 Å². The molecular weight excluding hydrogens is 206 g/mol. The van der Waals surface area contributed by atoms with Crippen LogP contribution in [0.2, 0.25) is 0 Å². The van der Waals surface area contributed by atoms with Gasteiger partial charge in [0.1, 0.15) is 0 Å². The van der Waals surface area contributed by atoms with Crippen molar-refractivity contribution in [3.05, 3.63) is 24.3 Å². The summed E-state index contributed by atoms with van der Waals surface area (Å²) in [4.78, 5) is -0.0799. The fourth-order valence-electron chi connectivity index (χ4n) is 0.640. The Balaban J connectivity index is 0.00000121. The number of hydrogen-bond donors (Lipinski definition) is 1. The molecule has 12 heavy (non-hydrogen) atoms. The molecule has 0 aliphatic carbocycles. The van der Waals surface area contributed by atoms with Gasteiger partial charge in [-0.2, -0.15) is 8.42 Å². The molecule has 0 amide bonds. The normalized spacial score (nSPS) is 10.5. The average Bonchev–Trinajstić information content (AvgIpc) is 1.86. The molecule has 3 nitrogen and oxygen atoms in total. The Hall–Kier alpha value is 0.560. The third-order valence-electron chi connectivity index (χ3n) is 1.18. The van der Waals surface area contributed by atoms with Crippen LogP contribution in [0.25, 0.3) is 0 Å². The monoisotopic (exact) mass is 214 g/mol. The molecule has 1 N–H and O–H groups in total. The second kappa shape index (κ2) is 4.70. The van der Waals surface area contributed by atoms with E-state index in [0.717, 1.165) is 5.30 Å². The molecule has 0 saturated heterocycles. The number of rotatable bonds is 1. The van der Waals surface area contributed by atoms with Crippen LogP contribution in [0.4, 0.5) is 0 Å². The van der Waals surface area contributed by atoms with Gasteiger partial charge >= 0.3 is 29.6 Å². The Labute approximate surface area is 95.8 Å². The summed E-state index contributed by atoms with van der Waals surface area (Å²) in [6, 6.07) is 5.87. The minimum atomic E-state index is -4.03. The molecule has 0 saturated carbocycles. The molecule has 1 rings (SSSR count). The van der Waals surface area contributed by atoms with Crippen molar-refractivity contribution in [3.63, 3.8) is 0 Å². The molecule has 0 aromatic heterocycles. The SMILES string of the molecule is O=S(=O)(O)c1ccc(P)cc1.[NaH]. The van der Waals surface area contributed by atoms with Gasteiger partial charge < -0.3 is 0 Å². The summed E-state index contributed by atoms with van der Waals surface area (Å²) in [5, 5.41) is 0.873. The van der Waals surface area contributed by atoms with Gasteiger partial charge in [0.05, 0.1) is 4.90 Å². The first-order chi connectivity index (χ1) is 5.00. The molecule has 1 aromatic rings. The summed E-state index contributed by atoms with van der Waals surface area (Å²) < 4.78 is 29.5. The quantitative estimate of drug-likeness (QED) is 0.399. The molecule has 62 valence electrons. The van der Waals surface area contributed by atoms with Crippen LogP contribution in [0, 0.1) is 0 Å². The molecule has 0 spiro atoms. The van der Waals surface area contributed by atoms with Crippen LogP contribution in [0.1, 0.15) is 0 Å². The first kappa shape index (κ1) is 12.6. The van der Waals surface area contributed by atoms with E-state index in [1.54, 1.807) is 12.1 Å². The van der Waals surface area contributed by atoms with Crippen LogP contribution >= 0.6 is 9.24 Å². The molecule has 6 heteroatoms. The topological polar surface area (TPSA) is 54.4 Å². The van der Waals surface area contributed by atoms with E-state index in [4.69, 9.17) is 4.55 Å². The summed E-state index contributed by atoms with van der Waals surface area (Å²) in [6.07, 6.45) is 0. The number of hydrogen-bond acceptors (Lipinski definition) is 2. The van der Waals surface area contributed by atoms with E-state index in [1.807, 2.05) is 0 Å². The molecule has 0 aliphatic rings. The molecule has 1 atom stereocenters. The van der Waals surface area contributed by atoms with Crippen molar-refractivity contribution < 1.29 is 13.0 Å². The minimum absolute atomic E-state index is 0. The van der Waals surface area contributed by atoms with Crippen LogP contribution in [0.15, 0.2) is 29.2 Å². The van der Waals surface area contributed by atoms with E-state index < -0.39 is 10.1 Å². The van der Waals surface area contributed by atoms with Gasteiger partial charge in [0.2, 0.25) is 0 Å². The van der Waals surface area contributed by atoms with Crippen molar-refractivity contribution in [1.82, 2.24) is 0 Å². The standard InChI is InChI=1S/C6H7O3PS.Na.H/c7-11(8,9)6-3-1-5(10)2-4-6;;/h1-4H,10H2,(H,7,8,9);;. The second-order valence-corrected chi connectivity index (χ2v) is 4.13. The Morgan fingerprint density at radius 3 is 1.92 bits per heavy atom. The van der Waals surface area contributed by atoms with Crippen molar-refractivity contribution in [3.8, 4) is 0 Å². The van der Waals surface area contributed by atoms with Crippen LogP contribution in [-0.4, -0.2) is 42.5 Å². The van der Waals surface area contributed by atoms with E-state index in [-0.39, 0.29) is 34.5 Å². The van der Waals surface area contributed by atoms with Crippen molar-refractivity contribution in [1.29, 1.82) is 0 Å². The Bertz CT molecular complexity index is 346. The van der Waals surface area contributed by atoms with E-state index in [2.05, 4.69) is 9.24 Å². The summed E-state index contributed by atoms with van der Waals surface area (Å²) in [6.45, 7) is 0. The first-order valence-corrected chi connectivity index (χ1v) is 4.85. The van der Waals surface area contributed by atoms with E-state index in [1.165, 1.54) is 12.1 Å². The molecule has 0 bridgehead atoms. The molecule has 0 heterocycles. The molecule has 0 aliphatic heterocycles. The molecular formula is C6H8NaO3PS. The van der Waals surface area contributed by atoms with E-state index >= 15 is 0 Å². The Morgan fingerprint density at radius 2 is 1.58 bits per heavy atom. The zero-order chi connectivity index (χ0) is 8.48. The molecule has 0 radical (unpaired) electrons. The van der Waals surface area contributed by atoms with Gasteiger partial charge in [-0.05, 0) is 17.4 Å². The van der Waals surface area contributed by atoms with Gasteiger partial charge in [0.15, 0.2) is 0 Å². The zero-order valence-electron chi connectivity index (χ0n) is 5.56. The molecule has 1 aromatic carbocycles. The summed E-state index contributed by atoms with van der Waals surface area (Å²) in [5.74, 6) is 0. The maximum atomic E-state index is 10.5. The Kier molecular flexibility index (Phi) is 4.92. The summed E-state index contributed by atoms with van der Waals surface area (Å²) in [5.41, 5.74) is 0. The van der Waals surface area contributed by atoms with Crippen molar-refractivity contribution in [2.75, 3.05) is 0 Å². The van der Waals surface area contributed by atoms with Gasteiger partial charge in [0, 0.05) is 0 Å². The fraction of sp³-hybridized carbons (Fsp3) is 0. The van der Waals surface area contributed by atoms with E-state index in [0.29, 0.717) is 0 Å². The zero-order valence-corrected chi connectivity index (χ0v) is 7.53. The first-order valence-electron chi connectivity index (χ1n) is 2.83. The second-order valence-electron chi connectivity index (χ2n) is 2.04. The average molecular weight is 214 g/mol. The third kappa shape index (κ3) is 3.52. The van der Waals surface area contributed by atoms with Gasteiger partial charge in [-0.25, -0.2) is 0 Å². The van der Waals surface area contributed by atoms with Gasteiger partial charge in [0.25, 0.3) is 10.1 Å². The third-order valence-corrected chi connectivity index (χ3v) is 2.43. The summed E-state index contributed by atoms with van der Waals surface area (Å²) >= 11 is 0. The van der Waals surface area contributed by atoms with Crippen molar-refractivity contribution in [2.45, 2.75) is 4.90 Å². The van der Waals surface area contributed by atoms with Crippen LogP contribution < -0.4 is 5.30 Å². The molecule has 1 unspecified atom stereocenters. The molecule has 0 fully saturated rings. The maximum absolute atomic E-state index is 10.5. The van der Waals surface area contributed by atoms with Crippen molar-refractivity contribution >= 4 is 54.2 Å². The van der Waals surface area contributed by atoms with Crippen molar-refractivity contribution in [2.24, 2.45) is 0 Å². The van der Waals surface area contributed by atoms with Crippen LogP contribution in [-0.2, 0) is 10.1 Å².